The summed E-state index contributed by atoms with van der Waals surface area (Å²) in [4.78, 5) is 0. The first-order chi connectivity index (χ1) is 10.2. The number of rotatable bonds is 8. The van der Waals surface area contributed by atoms with Gasteiger partial charge < -0.3 is 18.1 Å². The number of benzene rings is 1. The molecule has 0 fully saturated rings. The molecule has 0 aliphatic rings. The van der Waals surface area contributed by atoms with E-state index in [0.29, 0.717) is 0 Å². The van der Waals surface area contributed by atoms with Crippen molar-refractivity contribution in [2.75, 3.05) is 28.4 Å². The van der Waals surface area contributed by atoms with Crippen molar-refractivity contribution in [2.45, 2.75) is 26.2 Å². The van der Waals surface area contributed by atoms with E-state index >= 15 is 0 Å². The van der Waals surface area contributed by atoms with Crippen molar-refractivity contribution >= 4 is 15.2 Å². The number of hydrogen-bond donors (Lipinski definition) is 0. The lowest BCUT2D eigenvalue weighted by atomic mass is 10.0. The molecule has 0 unspecified atom stereocenters. The fourth-order valence-electron chi connectivity index (χ4n) is 2.10. The van der Waals surface area contributed by atoms with Gasteiger partial charge in [-0.15, -0.1) is 0 Å². The molecule has 0 atom stereocenters. The van der Waals surface area contributed by atoms with Crippen LogP contribution in [-0.2, 0) is 39.5 Å². The van der Waals surface area contributed by atoms with Gasteiger partial charge in [0.05, 0.1) is 12.3 Å². The maximum absolute atomic E-state index is 12.3. The van der Waals surface area contributed by atoms with E-state index in [4.69, 9.17) is 18.1 Å². The Morgan fingerprint density at radius 2 is 1.00 bits per heavy atom. The van der Waals surface area contributed by atoms with Crippen molar-refractivity contribution in [1.82, 2.24) is 0 Å². The zero-order valence-corrected chi connectivity index (χ0v) is 15.7. The minimum Gasteiger partial charge on any atom is -0.312 e. The van der Waals surface area contributed by atoms with Gasteiger partial charge in [-0.2, -0.15) is 0 Å². The van der Waals surface area contributed by atoms with Gasteiger partial charge in [0.2, 0.25) is 0 Å². The van der Waals surface area contributed by atoms with Crippen molar-refractivity contribution in [3.63, 3.8) is 0 Å². The van der Waals surface area contributed by atoms with Crippen LogP contribution in [0.15, 0.2) is 12.1 Å². The van der Waals surface area contributed by atoms with E-state index in [2.05, 4.69) is 0 Å². The minimum absolute atomic E-state index is 0.194. The van der Waals surface area contributed by atoms with E-state index < -0.39 is 15.2 Å². The van der Waals surface area contributed by atoms with Crippen LogP contribution >= 0.6 is 15.2 Å². The molecule has 0 saturated heterocycles. The molecule has 0 aliphatic carbocycles. The van der Waals surface area contributed by atoms with Gasteiger partial charge in [0.1, 0.15) is 0 Å². The van der Waals surface area contributed by atoms with Crippen LogP contribution in [-0.4, -0.2) is 28.4 Å². The van der Waals surface area contributed by atoms with Crippen LogP contribution in [0.1, 0.15) is 22.3 Å². The van der Waals surface area contributed by atoms with Crippen molar-refractivity contribution in [2.24, 2.45) is 0 Å². The summed E-state index contributed by atoms with van der Waals surface area (Å²) in [5.74, 6) is 0. The van der Waals surface area contributed by atoms with Crippen molar-refractivity contribution in [1.29, 1.82) is 0 Å². The smallest absolute Gasteiger partial charge is 0.312 e. The molecule has 0 saturated carbocycles. The molecule has 0 bridgehead atoms. The average molecular weight is 350 g/mol. The van der Waals surface area contributed by atoms with E-state index in [1.807, 2.05) is 26.0 Å². The Balaban J connectivity index is 3.12. The molecular formula is C14H24O6P2. The third kappa shape index (κ3) is 4.76. The molecule has 1 aromatic carbocycles. The van der Waals surface area contributed by atoms with Gasteiger partial charge in [-0.3, -0.25) is 9.13 Å². The van der Waals surface area contributed by atoms with Crippen LogP contribution in [0.25, 0.3) is 0 Å². The first-order valence-electron chi connectivity index (χ1n) is 6.72. The highest BCUT2D eigenvalue weighted by Crippen LogP contribution is 2.52. The van der Waals surface area contributed by atoms with E-state index in [1.165, 1.54) is 28.4 Å². The Labute approximate surface area is 132 Å². The first kappa shape index (κ1) is 19.6. The summed E-state index contributed by atoms with van der Waals surface area (Å²) in [5, 5.41) is 0. The first-order valence-corrected chi connectivity index (χ1v) is 10.2. The molecule has 1 rings (SSSR count). The summed E-state index contributed by atoms with van der Waals surface area (Å²) >= 11 is 0. The fourth-order valence-corrected chi connectivity index (χ4v) is 4.43. The molecule has 0 aliphatic heterocycles. The van der Waals surface area contributed by atoms with E-state index in [9.17, 15) is 9.13 Å². The van der Waals surface area contributed by atoms with Crippen molar-refractivity contribution in [3.8, 4) is 0 Å². The second-order valence-corrected chi connectivity index (χ2v) is 9.51. The molecule has 0 spiro atoms. The molecule has 22 heavy (non-hydrogen) atoms. The third-order valence-corrected chi connectivity index (χ3v) is 7.32. The lowest BCUT2D eigenvalue weighted by Gasteiger charge is -2.19. The summed E-state index contributed by atoms with van der Waals surface area (Å²) in [7, 11) is -0.766. The Hall–Kier alpha value is -0.480. The summed E-state index contributed by atoms with van der Waals surface area (Å²) in [5.41, 5.74) is 3.60. The summed E-state index contributed by atoms with van der Waals surface area (Å²) in [6.07, 6.45) is 0.387. The molecule has 126 valence electrons. The number of hydrogen-bond acceptors (Lipinski definition) is 6. The Morgan fingerprint density at radius 3 is 1.23 bits per heavy atom. The predicted octanol–water partition coefficient (Wildman–Crippen LogP) is 4.28. The quantitative estimate of drug-likeness (QED) is 0.652. The maximum Gasteiger partial charge on any atom is 0.334 e. The van der Waals surface area contributed by atoms with Crippen LogP contribution in [0, 0.1) is 13.8 Å². The van der Waals surface area contributed by atoms with Gasteiger partial charge in [0.25, 0.3) is 0 Å². The molecule has 8 heteroatoms. The standard InChI is InChI=1S/C14H24O6P2/c1-11-7-14(10-22(16,19-5)20-6)12(2)8-13(11)9-21(15,17-3)18-4/h7-8H,9-10H2,1-6H3. The minimum atomic E-state index is -3.12. The Bertz CT molecular complexity index is 544. The van der Waals surface area contributed by atoms with Gasteiger partial charge in [0.15, 0.2) is 0 Å². The van der Waals surface area contributed by atoms with Gasteiger partial charge >= 0.3 is 15.2 Å². The highest BCUT2D eigenvalue weighted by molar-refractivity contribution is 7.53. The monoisotopic (exact) mass is 350 g/mol. The van der Waals surface area contributed by atoms with Crippen LogP contribution in [0.2, 0.25) is 0 Å². The van der Waals surface area contributed by atoms with Gasteiger partial charge in [-0.05, 0) is 36.1 Å². The predicted molar refractivity (Wildman–Crippen MR) is 86.6 cm³/mol. The summed E-state index contributed by atoms with van der Waals surface area (Å²) in [6.45, 7) is 3.80. The van der Waals surface area contributed by atoms with Crippen LogP contribution in [0.3, 0.4) is 0 Å². The molecule has 1 aromatic rings. The van der Waals surface area contributed by atoms with Crippen LogP contribution < -0.4 is 0 Å². The lowest BCUT2D eigenvalue weighted by Crippen LogP contribution is -2.01. The Kier molecular flexibility index (Phi) is 7.00. The second kappa shape index (κ2) is 7.87. The Morgan fingerprint density at radius 1 is 0.727 bits per heavy atom. The van der Waals surface area contributed by atoms with Crippen molar-refractivity contribution < 1.29 is 27.2 Å². The van der Waals surface area contributed by atoms with Crippen LogP contribution in [0.5, 0.6) is 0 Å². The molecule has 0 aromatic heterocycles. The van der Waals surface area contributed by atoms with Gasteiger partial charge in [0, 0.05) is 28.4 Å². The van der Waals surface area contributed by atoms with E-state index in [0.717, 1.165) is 22.3 Å². The highest BCUT2D eigenvalue weighted by Gasteiger charge is 2.25. The highest BCUT2D eigenvalue weighted by atomic mass is 31.2. The lowest BCUT2D eigenvalue weighted by molar-refractivity contribution is 0.273. The molecule has 0 N–H and O–H groups in total. The SMILES string of the molecule is COP(=O)(Cc1cc(C)c(CP(=O)(OC)OC)cc1C)OC. The van der Waals surface area contributed by atoms with E-state index in [1.54, 1.807) is 0 Å². The molecule has 0 radical (unpaired) electrons. The van der Waals surface area contributed by atoms with Crippen molar-refractivity contribution in [3.05, 3.63) is 34.4 Å². The van der Waals surface area contributed by atoms with Crippen LogP contribution in [0.4, 0.5) is 0 Å². The van der Waals surface area contributed by atoms with E-state index in [-0.39, 0.29) is 12.3 Å². The van der Waals surface area contributed by atoms with Gasteiger partial charge in [-0.25, -0.2) is 0 Å². The molecule has 6 nitrogen and oxygen atoms in total. The number of aryl methyl sites for hydroxylation is 2. The largest absolute Gasteiger partial charge is 0.334 e. The fraction of sp³-hybridized carbons (Fsp3) is 0.571. The zero-order chi connectivity index (χ0) is 17.0. The third-order valence-electron chi connectivity index (χ3n) is 3.64. The second-order valence-electron chi connectivity index (χ2n) is 4.97. The normalized spacial score (nSPS) is 12.6. The maximum atomic E-state index is 12.3. The molecule has 0 amide bonds. The summed E-state index contributed by atoms with van der Waals surface area (Å²) in [6, 6.07) is 3.82. The molecular weight excluding hydrogens is 326 g/mol. The van der Waals surface area contributed by atoms with Gasteiger partial charge in [-0.1, -0.05) is 12.1 Å². The topological polar surface area (TPSA) is 71.1 Å². The zero-order valence-electron chi connectivity index (χ0n) is 13.9. The average Bonchev–Trinajstić information content (AvgIpc) is 2.51. The summed E-state index contributed by atoms with van der Waals surface area (Å²) < 4.78 is 44.4. The molecule has 0 heterocycles.